The van der Waals surface area contributed by atoms with Gasteiger partial charge in [0.05, 0.1) is 13.2 Å². The Bertz CT molecular complexity index is 1340. The SMILES string of the molecule is Cc1cc(OCCSc2nc3c(c(=O)[nH]c(=O)n3Cc3ccccc3)n2C)ccc1Cl. The zero-order valence-corrected chi connectivity index (χ0v) is 18.7. The molecule has 0 radical (unpaired) electrons. The molecule has 4 rings (SSSR count). The molecule has 0 aliphatic rings. The zero-order chi connectivity index (χ0) is 22.0. The van der Waals surface area contributed by atoms with E-state index in [1.165, 1.54) is 16.3 Å². The van der Waals surface area contributed by atoms with Crippen LogP contribution >= 0.6 is 23.4 Å². The number of nitrogens with zero attached hydrogens (tertiary/aromatic N) is 3. The second-order valence-corrected chi connectivity index (χ2v) is 8.53. The average molecular weight is 457 g/mol. The molecular formula is C22H21ClN4O3S. The predicted octanol–water partition coefficient (Wildman–Crippen LogP) is 3.60. The summed E-state index contributed by atoms with van der Waals surface area (Å²) in [7, 11) is 1.77. The van der Waals surface area contributed by atoms with Crippen LogP contribution in [0.25, 0.3) is 11.2 Å². The standard InChI is InChI=1S/C22H21ClN4O3S/c1-14-12-16(8-9-17(14)23)30-10-11-31-22-24-19-18(26(22)2)20(28)25-21(29)27(19)13-15-6-4-3-5-7-15/h3-9,12H,10-11,13H2,1-2H3,(H,25,28,29). The van der Waals surface area contributed by atoms with E-state index in [1.807, 2.05) is 55.5 Å². The molecule has 0 bridgehead atoms. The highest BCUT2D eigenvalue weighted by molar-refractivity contribution is 7.99. The van der Waals surface area contributed by atoms with E-state index in [9.17, 15) is 9.59 Å². The Labute approximate surface area is 187 Å². The minimum absolute atomic E-state index is 0.326. The van der Waals surface area contributed by atoms with Crippen molar-refractivity contribution >= 4 is 34.5 Å². The highest BCUT2D eigenvalue weighted by Gasteiger charge is 2.17. The molecule has 160 valence electrons. The van der Waals surface area contributed by atoms with Crippen LogP contribution in [0, 0.1) is 6.92 Å². The Hall–Kier alpha value is -2.97. The lowest BCUT2D eigenvalue weighted by Crippen LogP contribution is -2.31. The molecule has 31 heavy (non-hydrogen) atoms. The molecule has 0 spiro atoms. The van der Waals surface area contributed by atoms with Crippen LogP contribution in [0.4, 0.5) is 0 Å². The summed E-state index contributed by atoms with van der Waals surface area (Å²) >= 11 is 7.50. The number of nitrogens with one attached hydrogen (secondary N) is 1. The molecule has 0 saturated heterocycles. The number of thioether (sulfide) groups is 1. The van der Waals surface area contributed by atoms with Gasteiger partial charge in [0, 0.05) is 17.8 Å². The number of hydrogen-bond acceptors (Lipinski definition) is 5. The fraction of sp³-hybridized carbons (Fsp3) is 0.227. The van der Waals surface area contributed by atoms with E-state index in [-0.39, 0.29) is 0 Å². The molecule has 1 N–H and O–H groups in total. The van der Waals surface area contributed by atoms with Gasteiger partial charge in [-0.15, -0.1) is 0 Å². The monoisotopic (exact) mass is 456 g/mol. The van der Waals surface area contributed by atoms with Gasteiger partial charge in [0.1, 0.15) is 5.75 Å². The van der Waals surface area contributed by atoms with Gasteiger partial charge in [0.15, 0.2) is 16.3 Å². The second-order valence-electron chi connectivity index (χ2n) is 7.06. The molecule has 0 aliphatic carbocycles. The summed E-state index contributed by atoms with van der Waals surface area (Å²) in [5.41, 5.74) is 1.72. The Kier molecular flexibility index (Phi) is 6.20. The van der Waals surface area contributed by atoms with Crippen LogP contribution in [0.1, 0.15) is 11.1 Å². The first kappa shape index (κ1) is 21.3. The molecule has 0 amide bonds. The number of ether oxygens (including phenoxy) is 1. The van der Waals surface area contributed by atoms with E-state index in [4.69, 9.17) is 16.3 Å². The van der Waals surface area contributed by atoms with Crippen LogP contribution in [-0.4, -0.2) is 31.5 Å². The van der Waals surface area contributed by atoms with Gasteiger partial charge in [-0.1, -0.05) is 53.7 Å². The van der Waals surface area contributed by atoms with Crippen LogP contribution in [0.5, 0.6) is 5.75 Å². The van der Waals surface area contributed by atoms with E-state index in [1.54, 1.807) is 11.6 Å². The van der Waals surface area contributed by atoms with Gasteiger partial charge < -0.3 is 9.30 Å². The van der Waals surface area contributed by atoms with Gasteiger partial charge >= 0.3 is 5.69 Å². The molecule has 0 aliphatic heterocycles. The van der Waals surface area contributed by atoms with Gasteiger partial charge in [0.25, 0.3) is 5.56 Å². The first-order valence-corrected chi connectivity index (χ1v) is 11.1. The number of aryl methyl sites for hydroxylation is 2. The third-order valence-electron chi connectivity index (χ3n) is 4.87. The summed E-state index contributed by atoms with van der Waals surface area (Å²) in [6, 6.07) is 15.1. The maximum Gasteiger partial charge on any atom is 0.330 e. The molecule has 0 unspecified atom stereocenters. The predicted molar refractivity (Wildman–Crippen MR) is 124 cm³/mol. The highest BCUT2D eigenvalue weighted by Crippen LogP contribution is 2.23. The van der Waals surface area contributed by atoms with Gasteiger partial charge in [0.2, 0.25) is 0 Å². The smallest absolute Gasteiger partial charge is 0.330 e. The quantitative estimate of drug-likeness (QED) is 0.339. The van der Waals surface area contributed by atoms with Crippen LogP contribution in [0.15, 0.2) is 63.3 Å². The normalized spacial score (nSPS) is 11.2. The van der Waals surface area contributed by atoms with Crippen LogP contribution in [0.3, 0.4) is 0 Å². The van der Waals surface area contributed by atoms with Gasteiger partial charge in [-0.05, 0) is 36.2 Å². The number of halogens is 1. The molecule has 0 fully saturated rings. The zero-order valence-electron chi connectivity index (χ0n) is 17.1. The minimum Gasteiger partial charge on any atom is -0.493 e. The number of benzene rings is 2. The maximum absolute atomic E-state index is 12.5. The average Bonchev–Trinajstić information content (AvgIpc) is 3.08. The summed E-state index contributed by atoms with van der Waals surface area (Å²) in [5.74, 6) is 1.38. The number of rotatable bonds is 7. The second kappa shape index (κ2) is 9.03. The summed E-state index contributed by atoms with van der Waals surface area (Å²) in [4.78, 5) is 31.9. The van der Waals surface area contributed by atoms with E-state index >= 15 is 0 Å². The largest absolute Gasteiger partial charge is 0.493 e. The Balaban J connectivity index is 1.54. The van der Waals surface area contributed by atoms with Crippen molar-refractivity contribution in [3.63, 3.8) is 0 Å². The number of imidazole rings is 1. The molecule has 2 aromatic heterocycles. The lowest BCUT2D eigenvalue weighted by Gasteiger charge is -2.07. The third-order valence-corrected chi connectivity index (χ3v) is 6.29. The van der Waals surface area contributed by atoms with Crippen molar-refractivity contribution < 1.29 is 4.74 Å². The fourth-order valence-electron chi connectivity index (χ4n) is 3.27. The molecule has 2 aromatic carbocycles. The summed E-state index contributed by atoms with van der Waals surface area (Å²) in [6.07, 6.45) is 0. The molecule has 4 aromatic rings. The minimum atomic E-state index is -0.475. The van der Waals surface area contributed by atoms with Crippen LogP contribution in [0.2, 0.25) is 5.02 Å². The number of hydrogen-bond donors (Lipinski definition) is 1. The van der Waals surface area contributed by atoms with Crippen molar-refractivity contribution in [3.05, 3.63) is 85.5 Å². The Morgan fingerprint density at radius 2 is 1.94 bits per heavy atom. The van der Waals surface area contributed by atoms with Crippen molar-refractivity contribution in [1.82, 2.24) is 19.1 Å². The Morgan fingerprint density at radius 3 is 2.68 bits per heavy atom. The molecule has 2 heterocycles. The fourth-order valence-corrected chi connectivity index (χ4v) is 4.17. The number of aromatic amines is 1. The lowest BCUT2D eigenvalue weighted by molar-refractivity contribution is 0.343. The topological polar surface area (TPSA) is 81.9 Å². The van der Waals surface area contributed by atoms with Crippen LogP contribution in [-0.2, 0) is 13.6 Å². The molecule has 0 atom stereocenters. The van der Waals surface area contributed by atoms with E-state index in [0.29, 0.717) is 40.2 Å². The maximum atomic E-state index is 12.5. The first-order chi connectivity index (χ1) is 14.9. The highest BCUT2D eigenvalue weighted by atomic mass is 35.5. The van der Waals surface area contributed by atoms with Gasteiger partial charge in [-0.3, -0.25) is 14.3 Å². The van der Waals surface area contributed by atoms with E-state index in [0.717, 1.165) is 16.9 Å². The molecule has 0 saturated carbocycles. The van der Waals surface area contributed by atoms with E-state index in [2.05, 4.69) is 9.97 Å². The molecule has 7 nitrogen and oxygen atoms in total. The summed E-state index contributed by atoms with van der Waals surface area (Å²) in [5, 5.41) is 1.34. The van der Waals surface area contributed by atoms with Crippen molar-refractivity contribution in [2.75, 3.05) is 12.4 Å². The molecule has 9 heteroatoms. The van der Waals surface area contributed by atoms with Crippen molar-refractivity contribution in [2.45, 2.75) is 18.6 Å². The van der Waals surface area contributed by atoms with Crippen molar-refractivity contribution in [2.24, 2.45) is 7.05 Å². The number of H-pyrrole nitrogens is 1. The van der Waals surface area contributed by atoms with Crippen LogP contribution < -0.4 is 16.0 Å². The van der Waals surface area contributed by atoms with Gasteiger partial charge in [-0.25, -0.2) is 9.78 Å². The molecular weight excluding hydrogens is 436 g/mol. The summed E-state index contributed by atoms with van der Waals surface area (Å²) < 4.78 is 8.99. The number of aromatic nitrogens is 4. The summed E-state index contributed by atoms with van der Waals surface area (Å²) in [6.45, 7) is 2.71. The Morgan fingerprint density at radius 1 is 1.16 bits per heavy atom. The lowest BCUT2D eigenvalue weighted by atomic mass is 10.2. The first-order valence-electron chi connectivity index (χ1n) is 9.69. The third kappa shape index (κ3) is 4.55. The van der Waals surface area contributed by atoms with Gasteiger partial charge in [-0.2, -0.15) is 0 Å². The van der Waals surface area contributed by atoms with E-state index < -0.39 is 11.2 Å². The number of fused-ring (bicyclic) bond motifs is 1. The van der Waals surface area contributed by atoms with Crippen molar-refractivity contribution in [1.29, 1.82) is 0 Å². The van der Waals surface area contributed by atoms with Crippen molar-refractivity contribution in [3.8, 4) is 5.75 Å².